The van der Waals surface area contributed by atoms with Crippen molar-refractivity contribution in [2.45, 2.75) is 44.9 Å². The van der Waals surface area contributed by atoms with Crippen molar-refractivity contribution in [3.8, 4) is 0 Å². The summed E-state index contributed by atoms with van der Waals surface area (Å²) in [6, 6.07) is 5.58. The Bertz CT molecular complexity index is 536. The van der Waals surface area contributed by atoms with Gasteiger partial charge in [0.05, 0.1) is 9.13 Å². The molecular weight excluding hydrogens is 369 g/mol. The Hall–Kier alpha value is -1.11. The van der Waals surface area contributed by atoms with Crippen molar-refractivity contribution >= 4 is 33.0 Å². The van der Waals surface area contributed by atoms with E-state index in [1.807, 2.05) is 12.1 Å². The highest BCUT2D eigenvalue weighted by Crippen LogP contribution is 2.33. The smallest absolute Gasteiger partial charge is 0.259 e. The lowest BCUT2D eigenvalue weighted by Crippen LogP contribution is -2.28. The van der Waals surface area contributed by atoms with Crippen molar-refractivity contribution in [3.63, 3.8) is 0 Å². The Kier molecular flexibility index (Phi) is 5.39. The van der Waals surface area contributed by atoms with Crippen molar-refractivity contribution in [3.05, 3.63) is 32.9 Å². The van der Waals surface area contributed by atoms with Gasteiger partial charge < -0.3 is 0 Å². The van der Waals surface area contributed by atoms with Crippen molar-refractivity contribution in [1.29, 1.82) is 0 Å². The molecule has 1 N–H and O–H groups in total. The molecular formula is C15H18INO3. The van der Waals surface area contributed by atoms with Crippen LogP contribution in [0.1, 0.15) is 60.9 Å². The average molecular weight is 387 g/mol. The van der Waals surface area contributed by atoms with E-state index in [9.17, 15) is 12.7 Å². The lowest BCUT2D eigenvalue weighted by Gasteiger charge is -2.22. The van der Waals surface area contributed by atoms with E-state index < -0.39 is 33.0 Å². The lowest BCUT2D eigenvalue weighted by atomic mass is 9.83. The van der Waals surface area contributed by atoms with Gasteiger partial charge in [0.2, 0.25) is 5.91 Å². The van der Waals surface area contributed by atoms with Gasteiger partial charge in [0, 0.05) is 6.92 Å². The number of benzene rings is 1. The van der Waals surface area contributed by atoms with Crippen LogP contribution >= 0.6 is 21.2 Å². The van der Waals surface area contributed by atoms with Crippen LogP contribution in [0.15, 0.2) is 18.2 Å². The minimum atomic E-state index is -1.43. The maximum absolute atomic E-state index is 12.0. The number of imide groups is 1. The zero-order valence-electron chi connectivity index (χ0n) is 11.4. The first-order valence-electron chi connectivity index (χ1n) is 6.84. The molecule has 0 heterocycles. The van der Waals surface area contributed by atoms with Crippen LogP contribution in [0.4, 0.5) is 0 Å². The fourth-order valence-electron chi connectivity index (χ4n) is 2.70. The molecule has 1 aromatic rings. The third-order valence-electron chi connectivity index (χ3n) is 3.68. The quantitative estimate of drug-likeness (QED) is 0.808. The van der Waals surface area contributed by atoms with Gasteiger partial charge >= 0.3 is 0 Å². The van der Waals surface area contributed by atoms with E-state index >= 15 is 0 Å². The molecule has 0 aromatic heterocycles. The standard InChI is InChI=1S/C15H18INO3/c1-10(18)17-15(19)13-9-12(7-8-14(13)16-20)11-5-3-2-4-6-11/h7-9,11H,2-6H2,1H3,(H,17,18,19). The van der Waals surface area contributed by atoms with Gasteiger partial charge in [-0.05, 0) is 36.5 Å². The Morgan fingerprint density at radius 1 is 1.20 bits per heavy atom. The van der Waals surface area contributed by atoms with Gasteiger partial charge in [0.25, 0.3) is 5.91 Å². The minimum Gasteiger partial charge on any atom is -0.293 e. The molecule has 2 rings (SSSR count). The molecule has 0 bridgehead atoms. The highest BCUT2D eigenvalue weighted by molar-refractivity contribution is 14.1. The minimum absolute atomic E-state index is 0.395. The summed E-state index contributed by atoms with van der Waals surface area (Å²) < 4.78 is 11.8. The molecule has 20 heavy (non-hydrogen) atoms. The van der Waals surface area contributed by atoms with E-state index in [1.165, 1.54) is 26.2 Å². The molecule has 0 atom stereocenters. The van der Waals surface area contributed by atoms with E-state index in [2.05, 4.69) is 5.32 Å². The number of carbonyl (C=O) groups excluding carboxylic acids is 2. The van der Waals surface area contributed by atoms with Crippen LogP contribution in [0.5, 0.6) is 0 Å². The van der Waals surface area contributed by atoms with E-state index in [1.54, 1.807) is 6.07 Å². The van der Waals surface area contributed by atoms with Gasteiger partial charge in [0.15, 0.2) is 21.2 Å². The van der Waals surface area contributed by atoms with E-state index in [0.29, 0.717) is 15.1 Å². The van der Waals surface area contributed by atoms with Crippen molar-refractivity contribution in [2.24, 2.45) is 0 Å². The number of halogens is 1. The van der Waals surface area contributed by atoms with Crippen molar-refractivity contribution in [1.82, 2.24) is 5.32 Å². The Morgan fingerprint density at radius 3 is 2.50 bits per heavy atom. The third kappa shape index (κ3) is 3.71. The predicted octanol–water partition coefficient (Wildman–Crippen LogP) is 3.50. The first-order chi connectivity index (χ1) is 9.61. The zero-order valence-corrected chi connectivity index (χ0v) is 13.6. The van der Waals surface area contributed by atoms with Crippen LogP contribution < -0.4 is 5.32 Å². The summed E-state index contributed by atoms with van der Waals surface area (Å²) in [5.74, 6) is -0.361. The maximum Gasteiger partial charge on any atom is 0.259 e. The molecule has 2 amide bonds. The van der Waals surface area contributed by atoms with Gasteiger partial charge in [-0.25, -0.2) is 0 Å². The lowest BCUT2D eigenvalue weighted by molar-refractivity contribution is -0.118. The second kappa shape index (κ2) is 7.06. The summed E-state index contributed by atoms with van der Waals surface area (Å²) in [6.45, 7) is 1.30. The number of carbonyl (C=O) groups is 2. The Balaban J connectivity index is 2.30. The summed E-state index contributed by atoms with van der Waals surface area (Å²) in [5, 5.41) is 2.26. The highest BCUT2D eigenvalue weighted by Gasteiger charge is 2.19. The number of hydrogen-bond acceptors (Lipinski definition) is 3. The van der Waals surface area contributed by atoms with Crippen LogP contribution in [-0.2, 0) is 7.86 Å². The molecule has 0 radical (unpaired) electrons. The molecule has 0 spiro atoms. The molecule has 0 saturated heterocycles. The van der Waals surface area contributed by atoms with Gasteiger partial charge in [-0.3, -0.25) is 18.0 Å². The largest absolute Gasteiger partial charge is 0.293 e. The summed E-state index contributed by atoms with van der Waals surface area (Å²) in [6.07, 6.45) is 5.99. The zero-order chi connectivity index (χ0) is 14.5. The first-order valence-corrected chi connectivity index (χ1v) is 8.80. The summed E-state index contributed by atoms with van der Waals surface area (Å²) in [4.78, 5) is 23.0. The van der Waals surface area contributed by atoms with E-state index in [0.717, 1.165) is 18.4 Å². The topological polar surface area (TPSA) is 63.2 Å². The molecule has 1 saturated carbocycles. The molecule has 0 aliphatic heterocycles. The van der Waals surface area contributed by atoms with Gasteiger partial charge in [-0.2, -0.15) is 0 Å². The molecule has 1 aromatic carbocycles. The first kappa shape index (κ1) is 15.3. The maximum atomic E-state index is 12.0. The molecule has 4 nitrogen and oxygen atoms in total. The molecule has 1 fully saturated rings. The number of amides is 2. The van der Waals surface area contributed by atoms with Gasteiger partial charge in [0.1, 0.15) is 0 Å². The monoisotopic (exact) mass is 387 g/mol. The van der Waals surface area contributed by atoms with Crippen LogP contribution in [0.3, 0.4) is 0 Å². The van der Waals surface area contributed by atoms with Crippen molar-refractivity contribution in [2.75, 3.05) is 0 Å². The SMILES string of the molecule is CC(=O)NC(=O)c1cc(C2CCCCC2)ccc1I=O. The number of hydrogen-bond donors (Lipinski definition) is 1. The molecule has 1 aliphatic rings. The molecule has 5 heteroatoms. The highest BCUT2D eigenvalue weighted by atomic mass is 127. The van der Waals surface area contributed by atoms with Crippen LogP contribution in [0.2, 0.25) is 0 Å². The average Bonchev–Trinajstić information content (AvgIpc) is 2.46. The fraction of sp³-hybridized carbons (Fsp3) is 0.467. The molecule has 108 valence electrons. The normalized spacial score (nSPS) is 15.8. The van der Waals surface area contributed by atoms with Crippen LogP contribution in [0, 0.1) is 3.57 Å². The number of rotatable bonds is 3. The predicted molar refractivity (Wildman–Crippen MR) is 83.8 cm³/mol. The van der Waals surface area contributed by atoms with E-state index in [4.69, 9.17) is 0 Å². The Labute approximate surface area is 129 Å². The third-order valence-corrected chi connectivity index (χ3v) is 5.10. The van der Waals surface area contributed by atoms with Crippen molar-refractivity contribution < 1.29 is 12.7 Å². The fourth-order valence-corrected chi connectivity index (χ4v) is 3.67. The Morgan fingerprint density at radius 2 is 1.90 bits per heavy atom. The summed E-state index contributed by atoms with van der Waals surface area (Å²) in [5.41, 5.74) is 1.52. The van der Waals surface area contributed by atoms with Gasteiger partial charge in [-0.15, -0.1) is 0 Å². The van der Waals surface area contributed by atoms with Crippen LogP contribution in [-0.4, -0.2) is 11.8 Å². The van der Waals surface area contributed by atoms with Gasteiger partial charge in [-0.1, -0.05) is 25.3 Å². The van der Waals surface area contributed by atoms with Crippen LogP contribution in [0.25, 0.3) is 0 Å². The second-order valence-electron chi connectivity index (χ2n) is 5.16. The molecule has 0 unspecified atom stereocenters. The van der Waals surface area contributed by atoms with E-state index in [-0.39, 0.29) is 0 Å². The number of nitrogens with one attached hydrogen (secondary N) is 1. The second-order valence-corrected chi connectivity index (χ2v) is 6.76. The summed E-state index contributed by atoms with van der Waals surface area (Å²) >= 11 is -1.43. The summed E-state index contributed by atoms with van der Waals surface area (Å²) in [7, 11) is 0. The molecule has 1 aliphatic carbocycles.